The zero-order valence-corrected chi connectivity index (χ0v) is 12.0. The van der Waals surface area contributed by atoms with Crippen molar-refractivity contribution in [3.8, 4) is 11.5 Å². The lowest BCUT2D eigenvalue weighted by Gasteiger charge is -2.24. The molecular formula is C15H17N3O3. The smallest absolute Gasteiger partial charge is 0.242 e. The number of carbonyl (C=O) groups excluding carboxylic acids is 1. The summed E-state index contributed by atoms with van der Waals surface area (Å²) in [6, 6.07) is 5.67. The Bertz CT molecular complexity index is 713. The molecule has 2 aromatic rings. The first-order valence-electron chi connectivity index (χ1n) is 6.74. The Balaban J connectivity index is 2.09. The number of rotatable bonds is 3. The van der Waals surface area contributed by atoms with Gasteiger partial charge >= 0.3 is 0 Å². The van der Waals surface area contributed by atoms with E-state index >= 15 is 0 Å². The third-order valence-corrected chi connectivity index (χ3v) is 3.47. The van der Waals surface area contributed by atoms with Gasteiger partial charge in [0.05, 0.1) is 0 Å². The van der Waals surface area contributed by atoms with E-state index in [2.05, 4.69) is 10.3 Å². The maximum atomic E-state index is 11.5. The number of carbonyl (C=O) groups is 1. The van der Waals surface area contributed by atoms with E-state index in [0.717, 1.165) is 16.5 Å². The molecule has 0 fully saturated rings. The lowest BCUT2D eigenvalue weighted by atomic mass is 10.0. The van der Waals surface area contributed by atoms with Gasteiger partial charge in [0.1, 0.15) is 24.6 Å². The highest BCUT2D eigenvalue weighted by atomic mass is 16.6. The van der Waals surface area contributed by atoms with Crippen molar-refractivity contribution in [3.63, 3.8) is 0 Å². The summed E-state index contributed by atoms with van der Waals surface area (Å²) in [5, 5.41) is 4.90. The van der Waals surface area contributed by atoms with Gasteiger partial charge in [-0.3, -0.25) is 4.79 Å². The molecule has 2 heterocycles. The maximum Gasteiger partial charge on any atom is 0.242 e. The summed E-state index contributed by atoms with van der Waals surface area (Å²) in [5.74, 6) is 1.55. The van der Waals surface area contributed by atoms with Gasteiger partial charge in [-0.25, -0.2) is 4.98 Å². The summed E-state index contributed by atoms with van der Waals surface area (Å²) in [6.07, 6.45) is 1.68. The molecule has 0 unspecified atom stereocenters. The predicted octanol–water partition coefficient (Wildman–Crippen LogP) is 1.68. The van der Waals surface area contributed by atoms with E-state index in [-0.39, 0.29) is 0 Å². The van der Waals surface area contributed by atoms with Crippen molar-refractivity contribution < 1.29 is 14.3 Å². The van der Waals surface area contributed by atoms with Gasteiger partial charge in [-0.2, -0.15) is 0 Å². The molecule has 0 spiro atoms. The van der Waals surface area contributed by atoms with E-state index in [9.17, 15) is 4.79 Å². The zero-order valence-electron chi connectivity index (χ0n) is 12.0. The Morgan fingerprint density at radius 1 is 1.29 bits per heavy atom. The van der Waals surface area contributed by atoms with Crippen LogP contribution in [0.4, 0.5) is 5.82 Å². The minimum Gasteiger partial charge on any atom is -0.486 e. The Morgan fingerprint density at radius 2 is 1.95 bits per heavy atom. The van der Waals surface area contributed by atoms with Crippen molar-refractivity contribution in [1.29, 1.82) is 0 Å². The van der Waals surface area contributed by atoms with Crippen LogP contribution >= 0.6 is 0 Å². The SMILES string of the molecule is CC(C)(Nc1nccc2cc3c(cc12)OCCO3)C(N)=O. The van der Waals surface area contributed by atoms with Crippen LogP contribution in [0.25, 0.3) is 10.8 Å². The first-order valence-corrected chi connectivity index (χ1v) is 6.74. The molecule has 6 nitrogen and oxygen atoms in total. The van der Waals surface area contributed by atoms with Crippen molar-refractivity contribution in [2.75, 3.05) is 18.5 Å². The molecule has 1 aromatic carbocycles. The number of ether oxygens (including phenoxy) is 2. The second-order valence-electron chi connectivity index (χ2n) is 5.49. The first kappa shape index (κ1) is 13.5. The van der Waals surface area contributed by atoms with Crippen LogP contribution in [0.3, 0.4) is 0 Å². The first-order chi connectivity index (χ1) is 9.97. The van der Waals surface area contributed by atoms with Gasteiger partial charge in [0.2, 0.25) is 5.91 Å². The van der Waals surface area contributed by atoms with Crippen molar-refractivity contribution in [2.45, 2.75) is 19.4 Å². The van der Waals surface area contributed by atoms with Crippen LogP contribution in [-0.4, -0.2) is 29.6 Å². The summed E-state index contributed by atoms with van der Waals surface area (Å²) >= 11 is 0. The molecular weight excluding hydrogens is 270 g/mol. The highest BCUT2D eigenvalue weighted by molar-refractivity contribution is 5.96. The molecule has 6 heteroatoms. The largest absolute Gasteiger partial charge is 0.486 e. The van der Waals surface area contributed by atoms with Gasteiger partial charge in [-0.15, -0.1) is 0 Å². The van der Waals surface area contributed by atoms with Crippen molar-refractivity contribution in [3.05, 3.63) is 24.4 Å². The Kier molecular flexibility index (Phi) is 3.08. The van der Waals surface area contributed by atoms with E-state index in [1.54, 1.807) is 20.0 Å². The van der Waals surface area contributed by atoms with E-state index in [1.165, 1.54) is 0 Å². The van der Waals surface area contributed by atoms with Crippen LogP contribution in [0.2, 0.25) is 0 Å². The average Bonchev–Trinajstić information content (AvgIpc) is 2.45. The second-order valence-corrected chi connectivity index (χ2v) is 5.49. The fourth-order valence-electron chi connectivity index (χ4n) is 2.17. The highest BCUT2D eigenvalue weighted by Crippen LogP contribution is 2.36. The minimum atomic E-state index is -0.894. The lowest BCUT2D eigenvalue weighted by molar-refractivity contribution is -0.121. The Hall–Kier alpha value is -2.50. The van der Waals surface area contributed by atoms with Crippen molar-refractivity contribution in [2.24, 2.45) is 5.73 Å². The van der Waals surface area contributed by atoms with Crippen LogP contribution in [0.15, 0.2) is 24.4 Å². The number of nitrogens with one attached hydrogen (secondary N) is 1. The number of aromatic nitrogens is 1. The van der Waals surface area contributed by atoms with E-state index < -0.39 is 11.4 Å². The quantitative estimate of drug-likeness (QED) is 0.897. The molecule has 0 radical (unpaired) electrons. The molecule has 3 N–H and O–H groups in total. The second kappa shape index (κ2) is 4.80. The van der Waals surface area contributed by atoms with E-state index in [4.69, 9.17) is 15.2 Å². The monoisotopic (exact) mass is 287 g/mol. The van der Waals surface area contributed by atoms with Crippen LogP contribution in [-0.2, 0) is 4.79 Å². The third-order valence-electron chi connectivity index (χ3n) is 3.47. The molecule has 0 bridgehead atoms. The summed E-state index contributed by atoms with van der Waals surface area (Å²) < 4.78 is 11.2. The number of nitrogens with zero attached hydrogens (tertiary/aromatic N) is 1. The molecule has 1 aliphatic heterocycles. The number of benzene rings is 1. The summed E-state index contributed by atoms with van der Waals surface area (Å²) in [6.45, 7) is 4.50. The molecule has 1 aromatic heterocycles. The highest BCUT2D eigenvalue weighted by Gasteiger charge is 2.26. The lowest BCUT2D eigenvalue weighted by Crippen LogP contribution is -2.45. The zero-order chi connectivity index (χ0) is 15.0. The molecule has 0 atom stereocenters. The van der Waals surface area contributed by atoms with Crippen LogP contribution in [0, 0.1) is 0 Å². The predicted molar refractivity (Wildman–Crippen MR) is 79.6 cm³/mol. The summed E-state index contributed by atoms with van der Waals surface area (Å²) in [4.78, 5) is 15.8. The number of anilines is 1. The van der Waals surface area contributed by atoms with Gasteiger partial charge in [0.15, 0.2) is 11.5 Å². The van der Waals surface area contributed by atoms with Gasteiger partial charge in [-0.05, 0) is 37.4 Å². The number of hydrogen-bond donors (Lipinski definition) is 2. The van der Waals surface area contributed by atoms with Crippen LogP contribution < -0.4 is 20.5 Å². The van der Waals surface area contributed by atoms with Crippen molar-refractivity contribution in [1.82, 2.24) is 4.98 Å². The molecule has 21 heavy (non-hydrogen) atoms. The molecule has 3 rings (SSSR count). The number of nitrogens with two attached hydrogens (primary N) is 1. The van der Waals surface area contributed by atoms with Gasteiger partial charge < -0.3 is 20.5 Å². The van der Waals surface area contributed by atoms with E-state index in [0.29, 0.717) is 24.8 Å². The summed E-state index contributed by atoms with van der Waals surface area (Å²) in [5.41, 5.74) is 4.50. The topological polar surface area (TPSA) is 86.5 Å². The molecule has 1 aliphatic rings. The fourth-order valence-corrected chi connectivity index (χ4v) is 2.17. The van der Waals surface area contributed by atoms with Gasteiger partial charge in [0, 0.05) is 11.6 Å². The van der Waals surface area contributed by atoms with Crippen molar-refractivity contribution >= 4 is 22.5 Å². The average molecular weight is 287 g/mol. The number of pyridine rings is 1. The third kappa shape index (κ3) is 2.44. The summed E-state index contributed by atoms with van der Waals surface area (Å²) in [7, 11) is 0. The molecule has 0 saturated heterocycles. The normalized spacial score (nSPS) is 14.0. The molecule has 0 aliphatic carbocycles. The van der Waals surface area contributed by atoms with Gasteiger partial charge in [-0.1, -0.05) is 0 Å². The molecule has 110 valence electrons. The number of primary amides is 1. The van der Waals surface area contributed by atoms with Gasteiger partial charge in [0.25, 0.3) is 0 Å². The number of amides is 1. The van der Waals surface area contributed by atoms with E-state index in [1.807, 2.05) is 18.2 Å². The number of hydrogen-bond acceptors (Lipinski definition) is 5. The Morgan fingerprint density at radius 3 is 2.62 bits per heavy atom. The number of fused-ring (bicyclic) bond motifs is 2. The fraction of sp³-hybridized carbons (Fsp3) is 0.333. The van der Waals surface area contributed by atoms with Crippen LogP contribution in [0.1, 0.15) is 13.8 Å². The standard InChI is InChI=1S/C15H17N3O3/c1-15(2,14(16)19)18-13-10-8-12-11(20-5-6-21-12)7-9(10)3-4-17-13/h3-4,7-8H,5-6H2,1-2H3,(H2,16,19)(H,17,18). The van der Waals surface area contributed by atoms with Crippen LogP contribution in [0.5, 0.6) is 11.5 Å². The Labute approximate surface area is 122 Å². The molecule has 0 saturated carbocycles. The minimum absolute atomic E-state index is 0.446. The molecule has 1 amide bonds. The maximum absolute atomic E-state index is 11.5.